The maximum absolute atomic E-state index is 12.3. The van der Waals surface area contributed by atoms with E-state index < -0.39 is 15.3 Å². The molecular weight excluding hydrogens is 256 g/mol. The Morgan fingerprint density at radius 2 is 2.18 bits per heavy atom. The molecule has 6 heteroatoms. The Morgan fingerprint density at radius 1 is 1.53 bits per heavy atom. The molecule has 0 radical (unpaired) electrons. The molecule has 1 fully saturated rings. The van der Waals surface area contributed by atoms with Gasteiger partial charge in [-0.25, -0.2) is 12.7 Å². The van der Waals surface area contributed by atoms with Crippen LogP contribution < -0.4 is 5.73 Å². The van der Waals surface area contributed by atoms with Gasteiger partial charge in [0.15, 0.2) is 0 Å². The molecule has 2 N–H and O–H groups in total. The largest absolute Gasteiger partial charge is 0.392 e. The van der Waals surface area contributed by atoms with Crippen molar-refractivity contribution in [2.24, 2.45) is 11.7 Å². The zero-order valence-electron chi connectivity index (χ0n) is 10.6. The Hall–Kier alpha value is -0.200. The number of thiocarbonyl (C=S) groups is 1. The number of rotatable bonds is 6. The second-order valence-electron chi connectivity index (χ2n) is 4.65. The molecule has 0 aromatic carbocycles. The van der Waals surface area contributed by atoms with Crippen LogP contribution in [0.4, 0.5) is 0 Å². The van der Waals surface area contributed by atoms with E-state index in [1.165, 1.54) is 0 Å². The summed E-state index contributed by atoms with van der Waals surface area (Å²) in [5, 5.41) is -0.696. The molecule has 2 unspecified atom stereocenters. The zero-order chi connectivity index (χ0) is 13.1. The summed E-state index contributed by atoms with van der Waals surface area (Å²) in [6.07, 6.45) is 3.61. The van der Waals surface area contributed by atoms with Crippen LogP contribution in [0.3, 0.4) is 0 Å². The fourth-order valence-corrected chi connectivity index (χ4v) is 4.80. The van der Waals surface area contributed by atoms with Crippen molar-refractivity contribution in [1.82, 2.24) is 4.31 Å². The van der Waals surface area contributed by atoms with Gasteiger partial charge in [0.05, 0.1) is 4.99 Å². The molecule has 1 aliphatic rings. The molecular formula is C11H22N2O2S2. The molecule has 0 amide bonds. The summed E-state index contributed by atoms with van der Waals surface area (Å²) in [6, 6.07) is 0. The summed E-state index contributed by atoms with van der Waals surface area (Å²) >= 11 is 4.85. The predicted octanol–water partition coefficient (Wildman–Crippen LogP) is 1.50. The lowest BCUT2D eigenvalue weighted by molar-refractivity contribution is 0.441. The molecule has 0 bridgehead atoms. The summed E-state index contributed by atoms with van der Waals surface area (Å²) in [5.41, 5.74) is 5.52. The van der Waals surface area contributed by atoms with Gasteiger partial charge in [0, 0.05) is 13.1 Å². The van der Waals surface area contributed by atoms with E-state index in [-0.39, 0.29) is 4.99 Å². The Bertz CT molecular complexity index is 368. The van der Waals surface area contributed by atoms with Crippen LogP contribution in [-0.2, 0) is 10.0 Å². The van der Waals surface area contributed by atoms with Gasteiger partial charge in [-0.15, -0.1) is 0 Å². The van der Waals surface area contributed by atoms with Gasteiger partial charge in [-0.2, -0.15) is 0 Å². The molecule has 0 saturated carbocycles. The number of nitrogens with two attached hydrogens (primary N) is 1. The standard InChI is InChI=1S/C11H22N2O2S2/c1-3-5-9-6-7-13(8-9)17(14,15)10(4-2)11(12)16/h9-10H,3-8H2,1-2H3,(H2,12,16). The lowest BCUT2D eigenvalue weighted by Gasteiger charge is -2.22. The van der Waals surface area contributed by atoms with E-state index in [2.05, 4.69) is 6.92 Å². The van der Waals surface area contributed by atoms with Crippen LogP contribution in [0.1, 0.15) is 39.5 Å². The first kappa shape index (κ1) is 14.9. The second-order valence-corrected chi connectivity index (χ2v) is 7.23. The summed E-state index contributed by atoms with van der Waals surface area (Å²) in [7, 11) is -3.33. The summed E-state index contributed by atoms with van der Waals surface area (Å²) in [4.78, 5) is 0.0893. The molecule has 1 heterocycles. The molecule has 0 spiro atoms. The van der Waals surface area contributed by atoms with Crippen LogP contribution in [0.15, 0.2) is 0 Å². The Labute approximate surface area is 110 Å². The quantitative estimate of drug-likeness (QED) is 0.748. The third-order valence-electron chi connectivity index (χ3n) is 3.35. The average molecular weight is 278 g/mol. The normalized spacial score (nSPS) is 23.8. The highest BCUT2D eigenvalue weighted by Gasteiger charge is 2.37. The lowest BCUT2D eigenvalue weighted by Crippen LogP contribution is -2.43. The van der Waals surface area contributed by atoms with Gasteiger partial charge in [0.25, 0.3) is 0 Å². The number of sulfonamides is 1. The smallest absolute Gasteiger partial charge is 0.223 e. The third kappa shape index (κ3) is 3.39. The van der Waals surface area contributed by atoms with E-state index in [1.54, 1.807) is 11.2 Å². The SMILES string of the molecule is CCCC1CCN(S(=O)(=O)C(CC)C(N)=S)C1. The fourth-order valence-electron chi connectivity index (χ4n) is 2.41. The van der Waals surface area contributed by atoms with Gasteiger partial charge >= 0.3 is 0 Å². The van der Waals surface area contributed by atoms with Gasteiger partial charge in [-0.1, -0.05) is 32.5 Å². The first-order chi connectivity index (χ1) is 7.93. The van der Waals surface area contributed by atoms with Crippen LogP contribution in [0, 0.1) is 5.92 Å². The van der Waals surface area contributed by atoms with Crippen molar-refractivity contribution in [3.63, 3.8) is 0 Å². The molecule has 0 aliphatic carbocycles. The molecule has 1 aliphatic heterocycles. The fraction of sp³-hybridized carbons (Fsp3) is 0.909. The molecule has 4 nitrogen and oxygen atoms in total. The second kappa shape index (κ2) is 6.11. The van der Waals surface area contributed by atoms with Crippen molar-refractivity contribution in [3.05, 3.63) is 0 Å². The van der Waals surface area contributed by atoms with Crippen LogP contribution in [0.2, 0.25) is 0 Å². The minimum absolute atomic E-state index is 0.0893. The maximum Gasteiger partial charge on any atom is 0.223 e. The van der Waals surface area contributed by atoms with Crippen molar-refractivity contribution in [2.75, 3.05) is 13.1 Å². The van der Waals surface area contributed by atoms with Crippen molar-refractivity contribution in [2.45, 2.75) is 44.8 Å². The van der Waals surface area contributed by atoms with Crippen molar-refractivity contribution >= 4 is 27.2 Å². The minimum atomic E-state index is -3.33. The molecule has 1 saturated heterocycles. The Kier molecular flexibility index (Phi) is 5.34. The topological polar surface area (TPSA) is 63.4 Å². The van der Waals surface area contributed by atoms with Crippen LogP contribution in [-0.4, -0.2) is 36.1 Å². The molecule has 17 heavy (non-hydrogen) atoms. The lowest BCUT2D eigenvalue weighted by atomic mass is 10.0. The highest BCUT2D eigenvalue weighted by molar-refractivity contribution is 7.92. The van der Waals surface area contributed by atoms with Gasteiger partial charge in [-0.05, 0) is 25.2 Å². The zero-order valence-corrected chi connectivity index (χ0v) is 12.2. The van der Waals surface area contributed by atoms with E-state index in [9.17, 15) is 8.42 Å². The van der Waals surface area contributed by atoms with Crippen molar-refractivity contribution in [3.8, 4) is 0 Å². The van der Waals surface area contributed by atoms with Gasteiger partial charge in [0.2, 0.25) is 10.0 Å². The van der Waals surface area contributed by atoms with E-state index in [0.717, 1.165) is 19.3 Å². The Balaban J connectivity index is 2.75. The van der Waals surface area contributed by atoms with Crippen LogP contribution in [0.25, 0.3) is 0 Å². The number of nitrogens with zero attached hydrogens (tertiary/aromatic N) is 1. The highest BCUT2D eigenvalue weighted by atomic mass is 32.2. The first-order valence-electron chi connectivity index (χ1n) is 6.21. The average Bonchev–Trinajstić information content (AvgIpc) is 2.67. The van der Waals surface area contributed by atoms with Gasteiger partial charge < -0.3 is 5.73 Å². The maximum atomic E-state index is 12.3. The molecule has 0 aromatic rings. The number of hydrogen-bond acceptors (Lipinski definition) is 3. The third-order valence-corrected chi connectivity index (χ3v) is 6.14. The van der Waals surface area contributed by atoms with E-state index in [4.69, 9.17) is 18.0 Å². The van der Waals surface area contributed by atoms with E-state index in [0.29, 0.717) is 25.4 Å². The van der Waals surface area contributed by atoms with Gasteiger partial charge in [-0.3, -0.25) is 0 Å². The summed E-state index contributed by atoms with van der Waals surface area (Å²) < 4.78 is 26.2. The summed E-state index contributed by atoms with van der Waals surface area (Å²) in [6.45, 7) is 5.18. The molecule has 2 atom stereocenters. The van der Waals surface area contributed by atoms with E-state index in [1.807, 2.05) is 0 Å². The molecule has 100 valence electrons. The highest BCUT2D eigenvalue weighted by Crippen LogP contribution is 2.25. The molecule has 0 aromatic heterocycles. The van der Waals surface area contributed by atoms with Gasteiger partial charge in [0.1, 0.15) is 5.25 Å². The minimum Gasteiger partial charge on any atom is -0.392 e. The molecule has 1 rings (SSSR count). The monoisotopic (exact) mass is 278 g/mol. The van der Waals surface area contributed by atoms with Crippen LogP contribution >= 0.6 is 12.2 Å². The predicted molar refractivity (Wildman–Crippen MR) is 74.4 cm³/mol. The van der Waals surface area contributed by atoms with E-state index >= 15 is 0 Å². The van der Waals surface area contributed by atoms with Crippen molar-refractivity contribution < 1.29 is 8.42 Å². The summed E-state index contributed by atoms with van der Waals surface area (Å²) in [5.74, 6) is 0.499. The number of hydrogen-bond donors (Lipinski definition) is 1. The first-order valence-corrected chi connectivity index (χ1v) is 8.12. The van der Waals surface area contributed by atoms with Crippen molar-refractivity contribution in [1.29, 1.82) is 0 Å². The Morgan fingerprint density at radius 3 is 2.65 bits per heavy atom. The van der Waals surface area contributed by atoms with Crippen LogP contribution in [0.5, 0.6) is 0 Å².